The van der Waals surface area contributed by atoms with Gasteiger partial charge in [-0.05, 0) is 30.7 Å². The largest absolute Gasteiger partial charge is 0.308 e. The van der Waals surface area contributed by atoms with E-state index in [2.05, 4.69) is 27.4 Å². The predicted octanol–water partition coefficient (Wildman–Crippen LogP) is 2.18. The molecule has 2 N–H and O–H groups in total. The highest BCUT2D eigenvalue weighted by atomic mass is 32.1. The summed E-state index contributed by atoms with van der Waals surface area (Å²) in [6, 6.07) is 2.39. The number of aromatic amines is 1. The number of H-pyrrole nitrogens is 1. The van der Waals surface area contributed by atoms with Gasteiger partial charge in [0.05, 0.1) is 12.1 Å². The fourth-order valence-electron chi connectivity index (χ4n) is 2.23. The minimum absolute atomic E-state index is 0.0321. The smallest absolute Gasteiger partial charge is 0.268 e. The summed E-state index contributed by atoms with van der Waals surface area (Å²) < 4.78 is 0.708. The van der Waals surface area contributed by atoms with Crippen LogP contribution in [0.5, 0.6) is 0 Å². The van der Waals surface area contributed by atoms with Crippen molar-refractivity contribution in [2.45, 2.75) is 31.8 Å². The molecule has 0 aliphatic heterocycles. The van der Waals surface area contributed by atoms with Crippen LogP contribution >= 0.6 is 11.3 Å². The van der Waals surface area contributed by atoms with Crippen LogP contribution in [-0.4, -0.2) is 16.0 Å². The zero-order valence-electron chi connectivity index (χ0n) is 9.98. The molecule has 0 radical (unpaired) electrons. The van der Waals surface area contributed by atoms with Crippen molar-refractivity contribution in [1.82, 2.24) is 15.3 Å². The summed E-state index contributed by atoms with van der Waals surface area (Å²) in [5.74, 6) is 0.723. The molecule has 1 unspecified atom stereocenters. The Morgan fingerprint density at radius 1 is 1.50 bits per heavy atom. The molecular formula is C13H15N3OS. The summed E-state index contributed by atoms with van der Waals surface area (Å²) in [6.07, 6.45) is 7.77. The van der Waals surface area contributed by atoms with Gasteiger partial charge in [-0.25, -0.2) is 4.98 Å². The summed E-state index contributed by atoms with van der Waals surface area (Å²) in [6.45, 7) is 0.625. The van der Waals surface area contributed by atoms with E-state index in [9.17, 15) is 4.79 Å². The molecule has 2 aromatic heterocycles. The van der Waals surface area contributed by atoms with E-state index >= 15 is 0 Å². The number of nitrogens with one attached hydrogen (secondary N) is 2. The van der Waals surface area contributed by atoms with Crippen LogP contribution < -0.4 is 10.9 Å². The van der Waals surface area contributed by atoms with Crippen LogP contribution in [0.2, 0.25) is 0 Å². The quantitative estimate of drug-likeness (QED) is 0.833. The lowest BCUT2D eigenvalue weighted by Crippen LogP contribution is -2.30. The molecule has 5 heteroatoms. The van der Waals surface area contributed by atoms with E-state index < -0.39 is 0 Å². The van der Waals surface area contributed by atoms with Crippen LogP contribution in [0.4, 0.5) is 0 Å². The molecule has 2 heterocycles. The fraction of sp³-hybridized carbons (Fsp3) is 0.385. The van der Waals surface area contributed by atoms with Crippen molar-refractivity contribution in [3.05, 3.63) is 39.8 Å². The summed E-state index contributed by atoms with van der Waals surface area (Å²) >= 11 is 1.43. The van der Waals surface area contributed by atoms with Gasteiger partial charge in [0.1, 0.15) is 10.5 Å². The average molecular weight is 261 g/mol. The van der Waals surface area contributed by atoms with E-state index in [1.807, 2.05) is 11.4 Å². The number of aromatic nitrogens is 2. The van der Waals surface area contributed by atoms with Gasteiger partial charge in [-0.2, -0.15) is 0 Å². The van der Waals surface area contributed by atoms with Crippen molar-refractivity contribution < 1.29 is 0 Å². The normalized spacial score (nSPS) is 19.4. The third kappa shape index (κ3) is 2.37. The molecule has 2 aromatic rings. The molecule has 0 spiro atoms. The third-order valence-electron chi connectivity index (χ3n) is 3.19. The molecule has 1 aliphatic rings. The number of nitrogens with zero attached hydrogens (tertiary/aromatic N) is 1. The average Bonchev–Trinajstić information content (AvgIpc) is 2.86. The Labute approximate surface area is 109 Å². The molecule has 0 aromatic carbocycles. The Hall–Kier alpha value is -1.46. The van der Waals surface area contributed by atoms with E-state index in [-0.39, 0.29) is 5.56 Å². The number of hydrogen-bond acceptors (Lipinski definition) is 4. The Balaban J connectivity index is 1.74. The molecule has 0 bridgehead atoms. The number of fused-ring (bicyclic) bond motifs is 1. The summed E-state index contributed by atoms with van der Waals surface area (Å²) in [5, 5.41) is 5.34. The van der Waals surface area contributed by atoms with Gasteiger partial charge < -0.3 is 10.3 Å². The minimum atomic E-state index is -0.0321. The summed E-state index contributed by atoms with van der Waals surface area (Å²) in [7, 11) is 0. The maximum Gasteiger partial charge on any atom is 0.268 e. The van der Waals surface area contributed by atoms with Gasteiger partial charge in [0, 0.05) is 6.04 Å². The molecule has 0 amide bonds. The maximum absolute atomic E-state index is 11.8. The number of rotatable bonds is 3. The lowest BCUT2D eigenvalue weighted by molar-refractivity contribution is 0.467. The van der Waals surface area contributed by atoms with Gasteiger partial charge in [0.25, 0.3) is 5.56 Å². The van der Waals surface area contributed by atoms with Crippen LogP contribution in [0.15, 0.2) is 28.4 Å². The molecule has 0 fully saturated rings. The Kier molecular flexibility index (Phi) is 3.25. The van der Waals surface area contributed by atoms with Gasteiger partial charge in [-0.15, -0.1) is 11.3 Å². The number of hydrogen-bond donors (Lipinski definition) is 2. The van der Waals surface area contributed by atoms with Gasteiger partial charge >= 0.3 is 0 Å². The molecular weight excluding hydrogens is 246 g/mol. The van der Waals surface area contributed by atoms with Crippen LogP contribution in [-0.2, 0) is 6.54 Å². The standard InChI is InChI=1S/C13H15N3OS/c17-13-12-10(6-7-18-12)15-11(16-13)8-14-9-4-2-1-3-5-9/h1-2,6-7,9,14H,3-5,8H2,(H,15,16,17). The van der Waals surface area contributed by atoms with Crippen molar-refractivity contribution in [3.63, 3.8) is 0 Å². The second-order valence-corrected chi connectivity index (χ2v) is 5.43. The van der Waals surface area contributed by atoms with Gasteiger partial charge in [-0.1, -0.05) is 12.2 Å². The van der Waals surface area contributed by atoms with Crippen LogP contribution in [0.3, 0.4) is 0 Å². The molecule has 94 valence electrons. The molecule has 1 atom stereocenters. The zero-order chi connectivity index (χ0) is 12.4. The topological polar surface area (TPSA) is 57.8 Å². The number of allylic oxidation sites excluding steroid dienone is 1. The lowest BCUT2D eigenvalue weighted by Gasteiger charge is -2.18. The monoisotopic (exact) mass is 261 g/mol. The first-order valence-electron chi connectivity index (χ1n) is 6.18. The van der Waals surface area contributed by atoms with Crippen molar-refractivity contribution in [2.24, 2.45) is 0 Å². The Morgan fingerprint density at radius 3 is 3.28 bits per heavy atom. The van der Waals surface area contributed by atoms with E-state index in [1.54, 1.807) is 0 Å². The SMILES string of the molecule is O=c1[nH]c(CNC2CC=CCC2)nc2ccsc12. The van der Waals surface area contributed by atoms with E-state index in [4.69, 9.17) is 0 Å². The molecule has 0 saturated heterocycles. The van der Waals surface area contributed by atoms with E-state index in [1.165, 1.54) is 11.3 Å². The molecule has 18 heavy (non-hydrogen) atoms. The first-order chi connectivity index (χ1) is 8.83. The zero-order valence-corrected chi connectivity index (χ0v) is 10.8. The highest BCUT2D eigenvalue weighted by molar-refractivity contribution is 7.17. The van der Waals surface area contributed by atoms with Gasteiger partial charge in [0.2, 0.25) is 0 Å². The maximum atomic E-state index is 11.8. The third-order valence-corrected chi connectivity index (χ3v) is 4.09. The Morgan fingerprint density at radius 2 is 2.44 bits per heavy atom. The van der Waals surface area contributed by atoms with Crippen LogP contribution in [0.25, 0.3) is 10.2 Å². The second-order valence-electron chi connectivity index (χ2n) is 4.51. The highest BCUT2D eigenvalue weighted by Crippen LogP contribution is 2.14. The van der Waals surface area contributed by atoms with Crippen molar-refractivity contribution in [3.8, 4) is 0 Å². The van der Waals surface area contributed by atoms with E-state index in [0.717, 1.165) is 30.6 Å². The second kappa shape index (κ2) is 5.04. The fourth-order valence-corrected chi connectivity index (χ4v) is 2.95. The van der Waals surface area contributed by atoms with Crippen molar-refractivity contribution >= 4 is 21.6 Å². The predicted molar refractivity (Wildman–Crippen MR) is 73.9 cm³/mol. The Bertz CT molecular complexity index is 628. The first kappa shape index (κ1) is 11.6. The number of thiophene rings is 1. The van der Waals surface area contributed by atoms with Gasteiger partial charge in [0.15, 0.2) is 0 Å². The van der Waals surface area contributed by atoms with Crippen LogP contribution in [0.1, 0.15) is 25.1 Å². The van der Waals surface area contributed by atoms with Crippen molar-refractivity contribution in [2.75, 3.05) is 0 Å². The molecule has 0 saturated carbocycles. The lowest BCUT2D eigenvalue weighted by atomic mass is 10.0. The molecule has 1 aliphatic carbocycles. The van der Waals surface area contributed by atoms with Gasteiger partial charge in [-0.3, -0.25) is 4.79 Å². The van der Waals surface area contributed by atoms with Crippen LogP contribution in [0, 0.1) is 0 Å². The van der Waals surface area contributed by atoms with Crippen molar-refractivity contribution in [1.29, 1.82) is 0 Å². The van der Waals surface area contributed by atoms with E-state index in [0.29, 0.717) is 17.3 Å². The molecule has 3 rings (SSSR count). The summed E-state index contributed by atoms with van der Waals surface area (Å²) in [5.41, 5.74) is 0.763. The minimum Gasteiger partial charge on any atom is -0.308 e. The molecule has 4 nitrogen and oxygen atoms in total. The first-order valence-corrected chi connectivity index (χ1v) is 7.05. The highest BCUT2D eigenvalue weighted by Gasteiger charge is 2.10. The summed E-state index contributed by atoms with van der Waals surface area (Å²) in [4.78, 5) is 19.1.